The maximum absolute atomic E-state index is 13.5. The summed E-state index contributed by atoms with van der Waals surface area (Å²) in [6.45, 7) is 0.934. The minimum Gasteiger partial charge on any atom is -0.390 e. The molecule has 3 aromatic rings. The second-order valence-corrected chi connectivity index (χ2v) is 9.68. The van der Waals surface area contributed by atoms with Crippen molar-refractivity contribution in [2.75, 3.05) is 13.1 Å². The standard InChI is InChI=1S/C23H19ClF3N5O2S/c24-15-3-2-13(16(7-15)23(25,26)27)11-32-18-4-1-12(5-14(18)8-29-32)6-20-21(34)31-22(35-20)30-17-9-28-10-19(17)33/h1-8,17,19,28,33H,9-11H2,(H,30,31,34)/b20-6+/t17-,19-/m1/s1. The topological polar surface area (TPSA) is 91.5 Å². The zero-order chi connectivity index (χ0) is 24.7. The first-order valence-electron chi connectivity index (χ1n) is 10.7. The van der Waals surface area contributed by atoms with Crippen molar-refractivity contribution in [2.24, 2.45) is 4.99 Å². The molecule has 0 spiro atoms. The Morgan fingerprint density at radius 3 is 2.83 bits per heavy atom. The Bertz CT molecular complexity index is 1370. The summed E-state index contributed by atoms with van der Waals surface area (Å²) >= 11 is 6.97. The molecule has 3 N–H and O–H groups in total. The average molecular weight is 522 g/mol. The van der Waals surface area contributed by atoms with Crippen molar-refractivity contribution in [3.05, 3.63) is 69.2 Å². The summed E-state index contributed by atoms with van der Waals surface area (Å²) in [6, 6.07) is 8.72. The van der Waals surface area contributed by atoms with Crippen LogP contribution in [-0.2, 0) is 17.5 Å². The van der Waals surface area contributed by atoms with Gasteiger partial charge in [-0.05, 0) is 53.2 Å². The monoisotopic (exact) mass is 521 g/mol. The molecule has 0 bridgehead atoms. The summed E-state index contributed by atoms with van der Waals surface area (Å²) in [6.07, 6.45) is -1.84. The van der Waals surface area contributed by atoms with Crippen molar-refractivity contribution >= 4 is 51.4 Å². The van der Waals surface area contributed by atoms with Crippen molar-refractivity contribution in [2.45, 2.75) is 24.9 Å². The first kappa shape index (κ1) is 23.9. The maximum atomic E-state index is 13.5. The van der Waals surface area contributed by atoms with E-state index in [0.29, 0.717) is 28.7 Å². The number of nitrogens with one attached hydrogen (secondary N) is 2. The minimum atomic E-state index is -4.53. The number of amides is 1. The van der Waals surface area contributed by atoms with Gasteiger partial charge in [-0.1, -0.05) is 23.7 Å². The van der Waals surface area contributed by atoms with Gasteiger partial charge in [-0.15, -0.1) is 0 Å². The van der Waals surface area contributed by atoms with Crippen LogP contribution in [0.4, 0.5) is 13.2 Å². The lowest BCUT2D eigenvalue weighted by Gasteiger charge is -2.14. The van der Waals surface area contributed by atoms with Gasteiger partial charge >= 0.3 is 6.18 Å². The van der Waals surface area contributed by atoms with Crippen molar-refractivity contribution in [1.82, 2.24) is 20.4 Å². The number of carbonyl (C=O) groups is 1. The van der Waals surface area contributed by atoms with Gasteiger partial charge in [0.1, 0.15) is 0 Å². The van der Waals surface area contributed by atoms with Crippen LogP contribution in [0.25, 0.3) is 17.0 Å². The van der Waals surface area contributed by atoms with E-state index in [-0.39, 0.29) is 29.1 Å². The SMILES string of the molecule is O=C1NC(=N[C@@H]2CNC[C@H]2O)S/C1=C/c1ccc2c(cnn2Cc2ccc(Cl)cc2C(F)(F)F)c1. The number of aliphatic hydroxyl groups is 1. The summed E-state index contributed by atoms with van der Waals surface area (Å²) in [5, 5.41) is 21.1. The molecule has 0 unspecified atom stereocenters. The zero-order valence-electron chi connectivity index (χ0n) is 18.0. The fourth-order valence-electron chi connectivity index (χ4n) is 4.01. The van der Waals surface area contributed by atoms with E-state index in [1.54, 1.807) is 24.4 Å². The van der Waals surface area contributed by atoms with Gasteiger partial charge in [0.15, 0.2) is 5.17 Å². The Morgan fingerprint density at radius 2 is 2.09 bits per heavy atom. The molecular formula is C23H19ClF3N5O2S. The molecule has 3 heterocycles. The van der Waals surface area contributed by atoms with Crippen molar-refractivity contribution < 1.29 is 23.1 Å². The number of thioether (sulfide) groups is 1. The van der Waals surface area contributed by atoms with Crippen LogP contribution in [0.1, 0.15) is 16.7 Å². The van der Waals surface area contributed by atoms with Gasteiger partial charge in [-0.25, -0.2) is 0 Å². The van der Waals surface area contributed by atoms with Gasteiger partial charge in [0.2, 0.25) is 0 Å². The van der Waals surface area contributed by atoms with E-state index in [9.17, 15) is 23.1 Å². The van der Waals surface area contributed by atoms with Crippen LogP contribution in [0.2, 0.25) is 5.02 Å². The lowest BCUT2D eigenvalue weighted by Crippen LogP contribution is -2.26. The molecule has 2 aromatic carbocycles. The minimum absolute atomic E-state index is 0.0159. The molecule has 0 radical (unpaired) electrons. The molecule has 1 aromatic heterocycles. The van der Waals surface area contributed by atoms with E-state index >= 15 is 0 Å². The molecule has 2 aliphatic heterocycles. The highest BCUT2D eigenvalue weighted by molar-refractivity contribution is 8.18. The molecule has 182 valence electrons. The molecule has 2 saturated heterocycles. The van der Waals surface area contributed by atoms with Crippen LogP contribution in [0.5, 0.6) is 0 Å². The van der Waals surface area contributed by atoms with Gasteiger partial charge in [0.25, 0.3) is 5.91 Å². The molecule has 2 atom stereocenters. The number of hydrogen-bond acceptors (Lipinski definition) is 6. The number of aliphatic imine (C=N–C) groups is 1. The first-order valence-corrected chi connectivity index (χ1v) is 11.9. The molecule has 35 heavy (non-hydrogen) atoms. The van der Waals surface area contributed by atoms with Crippen LogP contribution < -0.4 is 10.6 Å². The lowest BCUT2D eigenvalue weighted by atomic mass is 10.1. The quantitative estimate of drug-likeness (QED) is 0.456. The number of benzene rings is 2. The second kappa shape index (κ2) is 9.30. The number of alkyl halides is 3. The van der Waals surface area contributed by atoms with Crippen molar-refractivity contribution in [1.29, 1.82) is 0 Å². The number of carbonyl (C=O) groups excluding carboxylic acids is 1. The predicted octanol–water partition coefficient (Wildman–Crippen LogP) is 3.65. The molecule has 2 fully saturated rings. The fourth-order valence-corrected chi connectivity index (χ4v) is 5.06. The molecule has 5 rings (SSSR count). The molecule has 2 aliphatic rings. The van der Waals surface area contributed by atoms with E-state index in [4.69, 9.17) is 11.6 Å². The third kappa shape index (κ3) is 5.08. The number of aliphatic hydroxyl groups excluding tert-OH is 1. The van der Waals surface area contributed by atoms with Crippen LogP contribution in [0, 0.1) is 0 Å². The number of nitrogens with zero attached hydrogens (tertiary/aromatic N) is 3. The van der Waals surface area contributed by atoms with Crippen LogP contribution in [-0.4, -0.2) is 51.2 Å². The Labute approximate surface area is 207 Å². The van der Waals surface area contributed by atoms with Crippen LogP contribution in [0.3, 0.4) is 0 Å². The summed E-state index contributed by atoms with van der Waals surface area (Å²) in [7, 11) is 0. The van der Waals surface area contributed by atoms with E-state index in [2.05, 4.69) is 20.7 Å². The highest BCUT2D eigenvalue weighted by Crippen LogP contribution is 2.34. The van der Waals surface area contributed by atoms with Gasteiger partial charge in [0, 0.05) is 23.5 Å². The normalized spacial score (nSPS) is 23.1. The predicted molar refractivity (Wildman–Crippen MR) is 129 cm³/mol. The third-order valence-electron chi connectivity index (χ3n) is 5.75. The van der Waals surface area contributed by atoms with E-state index in [0.717, 1.165) is 17.0 Å². The number of aromatic nitrogens is 2. The van der Waals surface area contributed by atoms with Crippen LogP contribution in [0.15, 0.2) is 52.5 Å². The van der Waals surface area contributed by atoms with Crippen molar-refractivity contribution in [3.63, 3.8) is 0 Å². The lowest BCUT2D eigenvalue weighted by molar-refractivity contribution is -0.138. The maximum Gasteiger partial charge on any atom is 0.416 e. The van der Waals surface area contributed by atoms with E-state index < -0.39 is 17.8 Å². The third-order valence-corrected chi connectivity index (χ3v) is 6.91. The second-order valence-electron chi connectivity index (χ2n) is 8.21. The number of hydrogen-bond donors (Lipinski definition) is 3. The Kier molecular flexibility index (Phi) is 6.34. The average Bonchev–Trinajstić information content (AvgIpc) is 3.48. The largest absolute Gasteiger partial charge is 0.416 e. The Hall–Kier alpha value is -2.86. The fraction of sp³-hybridized carbons (Fsp3) is 0.261. The molecule has 12 heteroatoms. The molecule has 7 nitrogen and oxygen atoms in total. The molecular weight excluding hydrogens is 503 g/mol. The summed E-state index contributed by atoms with van der Waals surface area (Å²) in [4.78, 5) is 17.2. The van der Waals surface area contributed by atoms with Gasteiger partial charge in [-0.2, -0.15) is 18.3 Å². The molecule has 0 saturated carbocycles. The molecule has 1 amide bonds. The molecule has 0 aliphatic carbocycles. The summed E-state index contributed by atoms with van der Waals surface area (Å²) < 4.78 is 41.9. The summed E-state index contributed by atoms with van der Waals surface area (Å²) in [5.41, 5.74) is 0.661. The number of fused-ring (bicyclic) bond motifs is 1. The van der Waals surface area contributed by atoms with Crippen molar-refractivity contribution in [3.8, 4) is 0 Å². The smallest absolute Gasteiger partial charge is 0.390 e. The number of amidine groups is 1. The first-order chi connectivity index (χ1) is 16.7. The number of halogens is 4. The van der Waals surface area contributed by atoms with Gasteiger partial charge < -0.3 is 15.7 Å². The van der Waals surface area contributed by atoms with Gasteiger partial charge in [-0.3, -0.25) is 14.5 Å². The van der Waals surface area contributed by atoms with Crippen LogP contribution >= 0.6 is 23.4 Å². The summed E-state index contributed by atoms with van der Waals surface area (Å²) in [5.74, 6) is -0.285. The Morgan fingerprint density at radius 1 is 1.26 bits per heavy atom. The number of rotatable bonds is 4. The van der Waals surface area contributed by atoms with E-state index in [1.807, 2.05) is 6.07 Å². The highest BCUT2D eigenvalue weighted by Gasteiger charge is 2.34. The highest BCUT2D eigenvalue weighted by atomic mass is 35.5. The number of β-amino-alcohol motifs (C(OH)–C–C–N with tert-alkyl or cyclic N) is 1. The van der Waals surface area contributed by atoms with Gasteiger partial charge in [0.05, 0.1) is 40.9 Å². The Balaban J connectivity index is 1.38. The van der Waals surface area contributed by atoms with E-state index in [1.165, 1.54) is 28.6 Å². The zero-order valence-corrected chi connectivity index (χ0v) is 19.6.